The first-order valence-corrected chi connectivity index (χ1v) is 9.91. The predicted octanol–water partition coefficient (Wildman–Crippen LogP) is 1.82. The monoisotopic (exact) mass is 317 g/mol. The minimum atomic E-state index is -3.31. The summed E-state index contributed by atoms with van der Waals surface area (Å²) in [5.41, 5.74) is 0. The topological polar surface area (TPSA) is 52.7 Å². The van der Waals surface area contributed by atoms with Gasteiger partial charge >= 0.3 is 0 Å². The van der Waals surface area contributed by atoms with Crippen molar-refractivity contribution in [3.63, 3.8) is 0 Å². The van der Waals surface area contributed by atoms with Crippen LogP contribution in [0.4, 0.5) is 0 Å². The maximum atomic E-state index is 12.2. The van der Waals surface area contributed by atoms with Gasteiger partial charge in [0, 0.05) is 32.2 Å². The molecule has 1 saturated heterocycles. The molecular formula is C15H31N3O2S. The van der Waals surface area contributed by atoms with Crippen LogP contribution in [0.25, 0.3) is 0 Å². The van der Waals surface area contributed by atoms with E-state index < -0.39 is 10.2 Å². The number of nitrogens with one attached hydrogen (secondary N) is 1. The van der Waals surface area contributed by atoms with Gasteiger partial charge in [-0.1, -0.05) is 19.3 Å². The SMILES string of the molecule is CC(C)NS(=O)(=O)N1CCCN(CC2CCCCC2)CC1. The molecule has 0 amide bonds. The first-order valence-electron chi connectivity index (χ1n) is 8.47. The van der Waals surface area contributed by atoms with Crippen LogP contribution in [0.2, 0.25) is 0 Å². The highest BCUT2D eigenvalue weighted by Crippen LogP contribution is 2.24. The fraction of sp³-hybridized carbons (Fsp3) is 1.00. The van der Waals surface area contributed by atoms with Crippen molar-refractivity contribution >= 4 is 10.2 Å². The smallest absolute Gasteiger partial charge is 0.279 e. The second kappa shape index (κ2) is 7.90. The lowest BCUT2D eigenvalue weighted by Gasteiger charge is -2.28. The van der Waals surface area contributed by atoms with Gasteiger partial charge in [0.15, 0.2) is 0 Å². The normalized spacial score (nSPS) is 24.3. The first kappa shape index (κ1) is 17.2. The van der Waals surface area contributed by atoms with Crippen molar-refractivity contribution in [3.8, 4) is 0 Å². The van der Waals surface area contributed by atoms with Crippen LogP contribution in [-0.4, -0.2) is 56.4 Å². The van der Waals surface area contributed by atoms with Crippen molar-refractivity contribution in [3.05, 3.63) is 0 Å². The molecule has 0 spiro atoms. The lowest BCUT2D eigenvalue weighted by molar-refractivity contribution is 0.208. The van der Waals surface area contributed by atoms with E-state index in [1.165, 1.54) is 32.1 Å². The van der Waals surface area contributed by atoms with Gasteiger partial charge in [0.25, 0.3) is 10.2 Å². The molecule has 0 aromatic heterocycles. The predicted molar refractivity (Wildman–Crippen MR) is 86.4 cm³/mol. The van der Waals surface area contributed by atoms with Crippen molar-refractivity contribution in [2.45, 2.75) is 58.4 Å². The van der Waals surface area contributed by atoms with Gasteiger partial charge in [-0.05, 0) is 45.6 Å². The van der Waals surface area contributed by atoms with E-state index >= 15 is 0 Å². The Balaban J connectivity index is 1.83. The first-order chi connectivity index (χ1) is 9.97. The molecule has 0 bridgehead atoms. The maximum absolute atomic E-state index is 12.2. The molecule has 2 fully saturated rings. The lowest BCUT2D eigenvalue weighted by Crippen LogP contribution is -2.45. The molecule has 124 valence electrons. The number of rotatable bonds is 5. The largest absolute Gasteiger partial charge is 0.302 e. The molecular weight excluding hydrogens is 286 g/mol. The molecule has 21 heavy (non-hydrogen) atoms. The summed E-state index contributed by atoms with van der Waals surface area (Å²) in [6.07, 6.45) is 7.78. The maximum Gasteiger partial charge on any atom is 0.279 e. The fourth-order valence-corrected chi connectivity index (χ4v) is 4.91. The summed E-state index contributed by atoms with van der Waals surface area (Å²) in [4.78, 5) is 2.47. The molecule has 1 saturated carbocycles. The molecule has 1 aliphatic heterocycles. The minimum Gasteiger partial charge on any atom is -0.302 e. The number of hydrogen-bond donors (Lipinski definition) is 1. The van der Waals surface area contributed by atoms with Gasteiger partial charge in [-0.2, -0.15) is 17.4 Å². The van der Waals surface area contributed by atoms with Crippen LogP contribution in [0.15, 0.2) is 0 Å². The van der Waals surface area contributed by atoms with Gasteiger partial charge in [0.05, 0.1) is 0 Å². The van der Waals surface area contributed by atoms with E-state index in [0.717, 1.165) is 32.0 Å². The third kappa shape index (κ3) is 5.51. The molecule has 2 rings (SSSR count). The molecule has 1 heterocycles. The Bertz CT molecular complexity index is 405. The molecule has 2 aliphatic rings. The Morgan fingerprint density at radius 1 is 1.00 bits per heavy atom. The molecule has 6 heteroatoms. The molecule has 5 nitrogen and oxygen atoms in total. The van der Waals surface area contributed by atoms with Crippen molar-refractivity contribution in [1.29, 1.82) is 0 Å². The fourth-order valence-electron chi connectivity index (χ4n) is 3.48. The molecule has 0 unspecified atom stereocenters. The van der Waals surface area contributed by atoms with E-state index in [9.17, 15) is 8.42 Å². The molecule has 0 aromatic rings. The minimum absolute atomic E-state index is 0.0448. The molecule has 1 aliphatic carbocycles. The Kier molecular flexibility index (Phi) is 6.47. The highest BCUT2D eigenvalue weighted by atomic mass is 32.2. The summed E-state index contributed by atoms with van der Waals surface area (Å²) in [5, 5.41) is 0. The molecule has 0 radical (unpaired) electrons. The second-order valence-electron chi connectivity index (χ2n) is 6.83. The van der Waals surface area contributed by atoms with Crippen LogP contribution < -0.4 is 4.72 Å². The average molecular weight is 317 g/mol. The number of hydrogen-bond acceptors (Lipinski definition) is 3. The van der Waals surface area contributed by atoms with Gasteiger partial charge in [0.1, 0.15) is 0 Å². The van der Waals surface area contributed by atoms with E-state index in [1.807, 2.05) is 13.8 Å². The summed E-state index contributed by atoms with van der Waals surface area (Å²) in [7, 11) is -3.31. The Morgan fingerprint density at radius 2 is 1.71 bits per heavy atom. The van der Waals surface area contributed by atoms with Crippen LogP contribution >= 0.6 is 0 Å². The van der Waals surface area contributed by atoms with Crippen molar-refractivity contribution in [1.82, 2.24) is 13.9 Å². The molecule has 0 aromatic carbocycles. The summed E-state index contributed by atoms with van der Waals surface area (Å²) in [5.74, 6) is 0.829. The second-order valence-corrected chi connectivity index (χ2v) is 8.54. The zero-order chi connectivity index (χ0) is 15.3. The van der Waals surface area contributed by atoms with E-state index in [1.54, 1.807) is 4.31 Å². The van der Waals surface area contributed by atoms with Crippen LogP contribution in [-0.2, 0) is 10.2 Å². The third-order valence-corrected chi connectivity index (χ3v) is 6.33. The molecule has 1 N–H and O–H groups in total. The summed E-state index contributed by atoms with van der Waals surface area (Å²) < 4.78 is 28.8. The summed E-state index contributed by atoms with van der Waals surface area (Å²) in [6.45, 7) is 8.05. The Morgan fingerprint density at radius 3 is 2.38 bits per heavy atom. The summed E-state index contributed by atoms with van der Waals surface area (Å²) in [6, 6.07) is -0.0448. The number of nitrogens with zero attached hydrogens (tertiary/aromatic N) is 2. The van der Waals surface area contributed by atoms with Gasteiger partial charge in [-0.25, -0.2) is 0 Å². The van der Waals surface area contributed by atoms with E-state index in [4.69, 9.17) is 0 Å². The van der Waals surface area contributed by atoms with Crippen molar-refractivity contribution in [2.75, 3.05) is 32.7 Å². The average Bonchev–Trinajstić information content (AvgIpc) is 2.64. The van der Waals surface area contributed by atoms with Crippen LogP contribution in [0.1, 0.15) is 52.4 Å². The van der Waals surface area contributed by atoms with Gasteiger partial charge in [0.2, 0.25) is 0 Å². The quantitative estimate of drug-likeness (QED) is 0.841. The van der Waals surface area contributed by atoms with Gasteiger partial charge < -0.3 is 4.90 Å². The van der Waals surface area contributed by atoms with Crippen molar-refractivity contribution < 1.29 is 8.42 Å². The Labute approximate surface area is 130 Å². The Hall–Kier alpha value is -0.170. The van der Waals surface area contributed by atoms with E-state index in [0.29, 0.717) is 13.1 Å². The van der Waals surface area contributed by atoms with E-state index in [2.05, 4.69) is 9.62 Å². The lowest BCUT2D eigenvalue weighted by atomic mass is 9.89. The van der Waals surface area contributed by atoms with E-state index in [-0.39, 0.29) is 6.04 Å². The summed E-state index contributed by atoms with van der Waals surface area (Å²) >= 11 is 0. The van der Waals surface area contributed by atoms with Crippen molar-refractivity contribution in [2.24, 2.45) is 5.92 Å². The highest BCUT2D eigenvalue weighted by molar-refractivity contribution is 7.87. The van der Waals surface area contributed by atoms with Crippen LogP contribution in [0, 0.1) is 5.92 Å². The standard InChI is InChI=1S/C15H31N3O2S/c1-14(2)16-21(19,20)18-10-6-9-17(11-12-18)13-15-7-4-3-5-8-15/h14-16H,3-13H2,1-2H3. The van der Waals surface area contributed by atoms with Crippen LogP contribution in [0.3, 0.4) is 0 Å². The molecule has 0 atom stereocenters. The highest BCUT2D eigenvalue weighted by Gasteiger charge is 2.26. The zero-order valence-corrected chi connectivity index (χ0v) is 14.4. The zero-order valence-electron chi connectivity index (χ0n) is 13.6. The van der Waals surface area contributed by atoms with Crippen LogP contribution in [0.5, 0.6) is 0 Å². The van der Waals surface area contributed by atoms with Gasteiger partial charge in [-0.3, -0.25) is 0 Å². The third-order valence-electron chi connectivity index (χ3n) is 4.51. The van der Waals surface area contributed by atoms with Gasteiger partial charge in [-0.15, -0.1) is 0 Å².